The summed E-state index contributed by atoms with van der Waals surface area (Å²) in [6.07, 6.45) is 2.78. The Hall–Kier alpha value is -1.26. The first kappa shape index (κ1) is 14.2. The molecule has 1 heterocycles. The van der Waals surface area contributed by atoms with Gasteiger partial charge in [-0.25, -0.2) is 0 Å². The summed E-state index contributed by atoms with van der Waals surface area (Å²) in [5, 5.41) is 3.50. The molecule has 1 unspecified atom stereocenters. The second kappa shape index (κ2) is 6.78. The summed E-state index contributed by atoms with van der Waals surface area (Å²) in [5.74, 6) is 1.75. The van der Waals surface area contributed by atoms with Crippen molar-refractivity contribution in [3.8, 4) is 5.75 Å². The van der Waals surface area contributed by atoms with E-state index in [-0.39, 0.29) is 6.04 Å². The fraction of sp³-hybridized carbons (Fsp3) is 0.333. The molecule has 0 radical (unpaired) electrons. The summed E-state index contributed by atoms with van der Waals surface area (Å²) in [6, 6.07) is 10.1. The van der Waals surface area contributed by atoms with Crippen LogP contribution in [0, 0.1) is 0 Å². The molecule has 0 saturated carbocycles. The molecule has 19 heavy (non-hydrogen) atoms. The average molecular weight is 324 g/mol. The van der Waals surface area contributed by atoms with E-state index < -0.39 is 0 Å². The monoisotopic (exact) mass is 323 g/mol. The zero-order valence-electron chi connectivity index (χ0n) is 11.2. The predicted molar refractivity (Wildman–Crippen MR) is 79.5 cm³/mol. The van der Waals surface area contributed by atoms with E-state index in [4.69, 9.17) is 9.15 Å². The van der Waals surface area contributed by atoms with Crippen LogP contribution in [0.15, 0.2) is 45.5 Å². The third-order valence-corrected chi connectivity index (χ3v) is 3.56. The third-order valence-electron chi connectivity index (χ3n) is 2.94. The SMILES string of the molecule is CCCNC(c1ccc(OC)c(Br)c1)c1ccco1. The minimum atomic E-state index is 0.0668. The van der Waals surface area contributed by atoms with Crippen molar-refractivity contribution in [2.45, 2.75) is 19.4 Å². The van der Waals surface area contributed by atoms with Crippen LogP contribution in [0.5, 0.6) is 5.75 Å². The maximum atomic E-state index is 5.53. The van der Waals surface area contributed by atoms with E-state index in [1.54, 1.807) is 13.4 Å². The van der Waals surface area contributed by atoms with Crippen molar-refractivity contribution in [3.63, 3.8) is 0 Å². The van der Waals surface area contributed by atoms with Gasteiger partial charge >= 0.3 is 0 Å². The summed E-state index contributed by atoms with van der Waals surface area (Å²) >= 11 is 3.52. The van der Waals surface area contributed by atoms with Gasteiger partial charge in [-0.15, -0.1) is 0 Å². The zero-order valence-corrected chi connectivity index (χ0v) is 12.7. The summed E-state index contributed by atoms with van der Waals surface area (Å²) in [6.45, 7) is 3.09. The molecule has 2 aromatic rings. The van der Waals surface area contributed by atoms with Gasteiger partial charge in [-0.2, -0.15) is 0 Å². The molecule has 0 spiro atoms. The molecule has 2 rings (SSSR count). The van der Waals surface area contributed by atoms with Gasteiger partial charge in [0.2, 0.25) is 0 Å². The Balaban J connectivity index is 2.30. The molecule has 0 aliphatic rings. The Labute approximate surface area is 122 Å². The summed E-state index contributed by atoms with van der Waals surface area (Å²) < 4.78 is 11.7. The van der Waals surface area contributed by atoms with Gasteiger partial charge in [-0.05, 0) is 58.7 Å². The van der Waals surface area contributed by atoms with Crippen LogP contribution < -0.4 is 10.1 Å². The van der Waals surface area contributed by atoms with Crippen LogP contribution in [0.4, 0.5) is 0 Å². The van der Waals surface area contributed by atoms with E-state index in [0.717, 1.165) is 34.5 Å². The molecule has 1 N–H and O–H groups in total. The average Bonchev–Trinajstić information content (AvgIpc) is 2.93. The van der Waals surface area contributed by atoms with Gasteiger partial charge in [0.15, 0.2) is 0 Å². The Morgan fingerprint density at radius 2 is 2.21 bits per heavy atom. The van der Waals surface area contributed by atoms with Gasteiger partial charge in [0.05, 0.1) is 23.9 Å². The highest BCUT2D eigenvalue weighted by atomic mass is 79.9. The maximum Gasteiger partial charge on any atom is 0.133 e. The van der Waals surface area contributed by atoms with Gasteiger partial charge in [-0.3, -0.25) is 0 Å². The number of hydrogen-bond donors (Lipinski definition) is 1. The maximum absolute atomic E-state index is 5.53. The topological polar surface area (TPSA) is 34.4 Å². The molecule has 0 aliphatic carbocycles. The van der Waals surface area contributed by atoms with Crippen molar-refractivity contribution in [1.29, 1.82) is 0 Å². The predicted octanol–water partition coefficient (Wildman–Crippen LogP) is 4.14. The first-order chi connectivity index (χ1) is 9.26. The Bertz CT molecular complexity index is 511. The lowest BCUT2D eigenvalue weighted by molar-refractivity contribution is 0.411. The van der Waals surface area contributed by atoms with Crippen molar-refractivity contribution in [1.82, 2.24) is 5.32 Å². The lowest BCUT2D eigenvalue weighted by Crippen LogP contribution is -2.22. The highest BCUT2D eigenvalue weighted by Crippen LogP contribution is 2.30. The normalized spacial score (nSPS) is 12.4. The molecule has 1 aromatic carbocycles. The Kier molecular flexibility index (Phi) is 5.05. The smallest absolute Gasteiger partial charge is 0.133 e. The molecule has 1 aromatic heterocycles. The van der Waals surface area contributed by atoms with E-state index in [1.807, 2.05) is 18.2 Å². The fourth-order valence-electron chi connectivity index (χ4n) is 1.99. The van der Waals surface area contributed by atoms with E-state index in [2.05, 4.69) is 40.3 Å². The molecular formula is C15H18BrNO2. The molecular weight excluding hydrogens is 306 g/mol. The molecule has 0 saturated heterocycles. The van der Waals surface area contributed by atoms with Gasteiger partial charge in [0.1, 0.15) is 11.5 Å². The Morgan fingerprint density at radius 3 is 2.79 bits per heavy atom. The minimum Gasteiger partial charge on any atom is -0.496 e. The second-order valence-corrected chi connectivity index (χ2v) is 5.15. The first-order valence-electron chi connectivity index (χ1n) is 6.36. The van der Waals surface area contributed by atoms with Crippen LogP contribution in [-0.4, -0.2) is 13.7 Å². The van der Waals surface area contributed by atoms with E-state index in [1.165, 1.54) is 0 Å². The highest BCUT2D eigenvalue weighted by molar-refractivity contribution is 9.10. The van der Waals surface area contributed by atoms with Crippen LogP contribution in [0.25, 0.3) is 0 Å². The number of rotatable bonds is 6. The van der Waals surface area contributed by atoms with Gasteiger partial charge in [0, 0.05) is 0 Å². The van der Waals surface area contributed by atoms with E-state index >= 15 is 0 Å². The van der Waals surface area contributed by atoms with Crippen molar-refractivity contribution in [2.75, 3.05) is 13.7 Å². The van der Waals surface area contributed by atoms with Gasteiger partial charge in [-0.1, -0.05) is 13.0 Å². The van der Waals surface area contributed by atoms with Crippen molar-refractivity contribution in [2.24, 2.45) is 0 Å². The standard InChI is InChI=1S/C15H18BrNO2/c1-3-8-17-15(14-5-4-9-19-14)11-6-7-13(18-2)12(16)10-11/h4-7,9-10,15,17H,3,8H2,1-2H3. The fourth-order valence-corrected chi connectivity index (χ4v) is 2.55. The molecule has 0 bridgehead atoms. The number of ether oxygens (including phenoxy) is 1. The second-order valence-electron chi connectivity index (χ2n) is 4.30. The largest absolute Gasteiger partial charge is 0.496 e. The summed E-state index contributed by atoms with van der Waals surface area (Å²) in [7, 11) is 1.67. The van der Waals surface area contributed by atoms with E-state index in [9.17, 15) is 0 Å². The third kappa shape index (κ3) is 3.39. The van der Waals surface area contributed by atoms with E-state index in [0.29, 0.717) is 0 Å². The quantitative estimate of drug-likeness (QED) is 0.867. The summed E-state index contributed by atoms with van der Waals surface area (Å²) in [4.78, 5) is 0. The van der Waals surface area contributed by atoms with Crippen LogP contribution in [0.2, 0.25) is 0 Å². The van der Waals surface area contributed by atoms with Crippen LogP contribution in [0.1, 0.15) is 30.7 Å². The molecule has 3 nitrogen and oxygen atoms in total. The van der Waals surface area contributed by atoms with Crippen molar-refractivity contribution < 1.29 is 9.15 Å². The highest BCUT2D eigenvalue weighted by Gasteiger charge is 2.17. The number of methoxy groups -OCH3 is 1. The lowest BCUT2D eigenvalue weighted by atomic mass is 10.0. The zero-order chi connectivity index (χ0) is 13.7. The molecule has 0 amide bonds. The Morgan fingerprint density at radius 1 is 1.37 bits per heavy atom. The number of nitrogens with one attached hydrogen (secondary N) is 1. The first-order valence-corrected chi connectivity index (χ1v) is 7.15. The number of furan rings is 1. The van der Waals surface area contributed by atoms with Crippen LogP contribution in [-0.2, 0) is 0 Å². The summed E-state index contributed by atoms with van der Waals surface area (Å²) in [5.41, 5.74) is 1.15. The van der Waals surface area contributed by atoms with Crippen molar-refractivity contribution in [3.05, 3.63) is 52.4 Å². The molecule has 1 atom stereocenters. The van der Waals surface area contributed by atoms with Crippen LogP contribution in [0.3, 0.4) is 0 Å². The molecule has 0 fully saturated rings. The molecule has 4 heteroatoms. The lowest BCUT2D eigenvalue weighted by Gasteiger charge is -2.17. The van der Waals surface area contributed by atoms with Gasteiger partial charge in [0.25, 0.3) is 0 Å². The number of benzene rings is 1. The van der Waals surface area contributed by atoms with Crippen LogP contribution >= 0.6 is 15.9 Å². The minimum absolute atomic E-state index is 0.0668. The molecule has 102 valence electrons. The number of halogens is 1. The van der Waals surface area contributed by atoms with Crippen molar-refractivity contribution >= 4 is 15.9 Å². The molecule has 0 aliphatic heterocycles. The number of hydrogen-bond acceptors (Lipinski definition) is 3. The van der Waals surface area contributed by atoms with Gasteiger partial charge < -0.3 is 14.5 Å².